The number of hydrogen-bond acceptors (Lipinski definition) is 4. The van der Waals surface area contributed by atoms with Crippen LogP contribution in [-0.4, -0.2) is 11.6 Å². The van der Waals surface area contributed by atoms with Crippen LogP contribution < -0.4 is 17.2 Å². The summed E-state index contributed by atoms with van der Waals surface area (Å²) in [4.78, 5) is 11.0. The Labute approximate surface area is 113 Å². The summed E-state index contributed by atoms with van der Waals surface area (Å²) in [6.07, 6.45) is 0. The number of carbonyl (C=O) groups excluding carboxylic acids is 1. The van der Waals surface area contributed by atoms with Gasteiger partial charge in [0.1, 0.15) is 22.9 Å². The fourth-order valence-electron chi connectivity index (χ4n) is 1.20. The maximum absolute atomic E-state index is 13.4. The van der Waals surface area contributed by atoms with Gasteiger partial charge in [-0.05, 0) is 24.1 Å². The minimum Gasteiger partial charge on any atom is -0.385 e. The van der Waals surface area contributed by atoms with Crippen molar-refractivity contribution in [1.82, 2.24) is 0 Å². The number of halogens is 2. The van der Waals surface area contributed by atoms with Gasteiger partial charge in [0.25, 0.3) is 5.91 Å². The maximum Gasteiger partial charge on any atom is 0.255 e. The molecule has 5 nitrogen and oxygen atoms in total. The average Bonchev–Trinajstić information content (AvgIpc) is 2.29. The normalized spacial score (nSPS) is 9.16. The smallest absolute Gasteiger partial charge is 0.255 e. The molecule has 0 bridgehead atoms. The zero-order valence-electron chi connectivity index (χ0n) is 9.63. The van der Waals surface area contributed by atoms with Crippen molar-refractivity contribution in [3.05, 3.63) is 46.0 Å². The minimum absolute atomic E-state index is 0.0170. The molecule has 0 fully saturated rings. The first-order valence-electron chi connectivity index (χ1n) is 4.94. The molecule has 0 aliphatic heterocycles. The molecule has 1 rings (SSSR count). The molecule has 0 atom stereocenters. The Morgan fingerprint density at radius 2 is 1.95 bits per heavy atom. The third-order valence-electron chi connectivity index (χ3n) is 2.04. The van der Waals surface area contributed by atoms with Crippen molar-refractivity contribution in [1.29, 1.82) is 5.41 Å². The molecule has 1 amide bonds. The van der Waals surface area contributed by atoms with E-state index in [1.807, 2.05) is 0 Å². The van der Waals surface area contributed by atoms with Crippen molar-refractivity contribution in [2.75, 3.05) is 0 Å². The Bertz CT molecular complexity index is 639. The van der Waals surface area contributed by atoms with Gasteiger partial charge >= 0.3 is 0 Å². The molecule has 0 saturated heterocycles. The molecule has 0 saturated carbocycles. The number of primary amides is 1. The summed E-state index contributed by atoms with van der Waals surface area (Å²) in [5.74, 6) is 2.60. The molecule has 19 heavy (non-hydrogen) atoms. The SMILES string of the molecule is N=C(C#Cc1cc(Cl)ccc1F)C(C(N)=O)=C(N)N. The van der Waals surface area contributed by atoms with Crippen molar-refractivity contribution in [2.45, 2.75) is 0 Å². The fourth-order valence-corrected chi connectivity index (χ4v) is 1.37. The van der Waals surface area contributed by atoms with E-state index in [1.165, 1.54) is 12.1 Å². The summed E-state index contributed by atoms with van der Waals surface area (Å²) in [5.41, 5.74) is 14.5. The number of amides is 1. The second-order valence-corrected chi connectivity index (χ2v) is 3.88. The average molecular weight is 281 g/mol. The first kappa shape index (κ1) is 14.5. The third kappa shape index (κ3) is 3.72. The first-order chi connectivity index (χ1) is 8.82. The van der Waals surface area contributed by atoms with Crippen LogP contribution in [0.2, 0.25) is 5.02 Å². The molecular formula is C12H10ClFN4O. The molecule has 0 radical (unpaired) electrons. The van der Waals surface area contributed by atoms with Gasteiger partial charge in [-0.2, -0.15) is 0 Å². The number of rotatable bonds is 2. The van der Waals surface area contributed by atoms with Gasteiger partial charge < -0.3 is 17.2 Å². The quantitative estimate of drug-likeness (QED) is 0.358. The molecule has 0 heterocycles. The third-order valence-corrected chi connectivity index (χ3v) is 2.27. The van der Waals surface area contributed by atoms with Gasteiger partial charge in [-0.25, -0.2) is 4.39 Å². The van der Waals surface area contributed by atoms with Crippen molar-refractivity contribution in [3.8, 4) is 11.8 Å². The van der Waals surface area contributed by atoms with Crippen LogP contribution in [-0.2, 0) is 4.79 Å². The highest BCUT2D eigenvalue weighted by molar-refractivity contribution is 6.30. The molecule has 0 unspecified atom stereocenters. The fraction of sp³-hybridized carbons (Fsp3) is 0. The largest absolute Gasteiger partial charge is 0.385 e. The summed E-state index contributed by atoms with van der Waals surface area (Å²) in [6, 6.07) is 3.79. The molecule has 7 N–H and O–H groups in total. The number of nitrogens with two attached hydrogens (primary N) is 3. The number of hydrogen-bond donors (Lipinski definition) is 4. The Kier molecular flexibility index (Phi) is 4.51. The highest BCUT2D eigenvalue weighted by Crippen LogP contribution is 2.13. The van der Waals surface area contributed by atoms with Crippen LogP contribution in [0.5, 0.6) is 0 Å². The number of carbonyl (C=O) groups is 1. The van der Waals surface area contributed by atoms with Gasteiger partial charge in [0.05, 0.1) is 5.56 Å². The van der Waals surface area contributed by atoms with Gasteiger partial charge in [0.15, 0.2) is 0 Å². The first-order valence-corrected chi connectivity index (χ1v) is 5.31. The number of benzene rings is 1. The molecule has 98 valence electrons. The van der Waals surface area contributed by atoms with Crippen LogP contribution in [0.25, 0.3) is 0 Å². The van der Waals surface area contributed by atoms with Crippen LogP contribution in [0.1, 0.15) is 5.56 Å². The zero-order valence-corrected chi connectivity index (χ0v) is 10.4. The van der Waals surface area contributed by atoms with Crippen LogP contribution in [0.15, 0.2) is 29.6 Å². The van der Waals surface area contributed by atoms with Crippen molar-refractivity contribution >= 4 is 23.2 Å². The Morgan fingerprint density at radius 3 is 2.47 bits per heavy atom. The zero-order chi connectivity index (χ0) is 14.6. The lowest BCUT2D eigenvalue weighted by Gasteiger charge is -2.01. The van der Waals surface area contributed by atoms with E-state index in [0.29, 0.717) is 5.02 Å². The van der Waals surface area contributed by atoms with Crippen LogP contribution in [0.4, 0.5) is 4.39 Å². The monoisotopic (exact) mass is 280 g/mol. The van der Waals surface area contributed by atoms with E-state index in [2.05, 4.69) is 11.8 Å². The highest BCUT2D eigenvalue weighted by Gasteiger charge is 2.13. The lowest BCUT2D eigenvalue weighted by molar-refractivity contribution is -0.114. The Balaban J connectivity index is 3.14. The predicted octanol–water partition coefficient (Wildman–Crippen LogP) is 0.465. The molecule has 0 aliphatic carbocycles. The molecule has 1 aromatic carbocycles. The standard InChI is InChI=1S/C12H10ClFN4O/c13-7-2-3-8(14)6(5-7)1-4-9(15)10(11(16)17)12(18)19/h2-3,5,15H,16-17H2,(H2,18,19). The predicted molar refractivity (Wildman–Crippen MR) is 70.6 cm³/mol. The van der Waals surface area contributed by atoms with E-state index in [1.54, 1.807) is 0 Å². The summed E-state index contributed by atoms with van der Waals surface area (Å²) in [5, 5.41) is 7.83. The number of nitrogens with one attached hydrogen (secondary N) is 1. The van der Waals surface area contributed by atoms with Crippen LogP contribution in [0.3, 0.4) is 0 Å². The Hall–Kier alpha value is -2.52. The summed E-state index contributed by atoms with van der Waals surface area (Å²) >= 11 is 5.68. The second kappa shape index (κ2) is 5.89. The van der Waals surface area contributed by atoms with E-state index in [4.69, 9.17) is 34.2 Å². The molecule has 0 aromatic heterocycles. The van der Waals surface area contributed by atoms with Gasteiger partial charge in [-0.15, -0.1) is 0 Å². The minimum atomic E-state index is -0.981. The molecule has 0 aliphatic rings. The van der Waals surface area contributed by atoms with Crippen molar-refractivity contribution < 1.29 is 9.18 Å². The Morgan fingerprint density at radius 1 is 1.32 bits per heavy atom. The van der Waals surface area contributed by atoms with Crippen molar-refractivity contribution in [3.63, 3.8) is 0 Å². The lowest BCUT2D eigenvalue weighted by atomic mass is 10.1. The summed E-state index contributed by atoms with van der Waals surface area (Å²) in [6.45, 7) is 0. The van der Waals surface area contributed by atoms with Crippen molar-refractivity contribution in [2.24, 2.45) is 17.2 Å². The van der Waals surface area contributed by atoms with E-state index >= 15 is 0 Å². The maximum atomic E-state index is 13.4. The van der Waals surface area contributed by atoms with E-state index in [9.17, 15) is 9.18 Å². The summed E-state index contributed by atoms with van der Waals surface area (Å²) in [7, 11) is 0. The van der Waals surface area contributed by atoms with Gasteiger partial charge in [0.2, 0.25) is 0 Å². The van der Waals surface area contributed by atoms with Gasteiger partial charge in [-0.3, -0.25) is 10.2 Å². The highest BCUT2D eigenvalue weighted by atomic mass is 35.5. The van der Waals surface area contributed by atoms with Gasteiger partial charge in [-0.1, -0.05) is 17.5 Å². The molecule has 0 spiro atoms. The van der Waals surface area contributed by atoms with Crippen LogP contribution >= 0.6 is 11.6 Å². The molecule has 7 heteroatoms. The molecule has 1 aromatic rings. The van der Waals surface area contributed by atoms with E-state index < -0.39 is 28.8 Å². The molecular weight excluding hydrogens is 271 g/mol. The van der Waals surface area contributed by atoms with Gasteiger partial charge in [0, 0.05) is 5.02 Å². The van der Waals surface area contributed by atoms with E-state index in [-0.39, 0.29) is 5.56 Å². The van der Waals surface area contributed by atoms with E-state index in [0.717, 1.165) is 6.07 Å². The second-order valence-electron chi connectivity index (χ2n) is 3.44. The lowest BCUT2D eigenvalue weighted by Crippen LogP contribution is -2.27. The topological polar surface area (TPSA) is 119 Å². The van der Waals surface area contributed by atoms with Crippen LogP contribution in [0, 0.1) is 23.1 Å². The summed E-state index contributed by atoms with van der Waals surface area (Å²) < 4.78 is 13.4.